The fourth-order valence-corrected chi connectivity index (χ4v) is 4.48. The van der Waals surface area contributed by atoms with Crippen molar-refractivity contribution in [2.75, 3.05) is 0 Å². The van der Waals surface area contributed by atoms with Crippen LogP contribution in [0, 0.1) is 5.92 Å². The highest BCUT2D eigenvalue weighted by Gasteiger charge is 2.58. The molecule has 0 radical (unpaired) electrons. The first-order valence-corrected chi connectivity index (χ1v) is 10.9. The number of rotatable bonds is 5. The summed E-state index contributed by atoms with van der Waals surface area (Å²) in [7, 11) is 0. The van der Waals surface area contributed by atoms with E-state index < -0.39 is 23.6 Å². The van der Waals surface area contributed by atoms with Crippen molar-refractivity contribution in [2.24, 2.45) is 5.92 Å². The van der Waals surface area contributed by atoms with Crippen molar-refractivity contribution in [2.45, 2.75) is 25.5 Å². The summed E-state index contributed by atoms with van der Waals surface area (Å²) in [6.45, 7) is 3.99. The van der Waals surface area contributed by atoms with Crippen LogP contribution < -0.4 is 0 Å². The zero-order chi connectivity index (χ0) is 22.7. The summed E-state index contributed by atoms with van der Waals surface area (Å²) in [5, 5.41) is 0.618. The number of amides is 2. The van der Waals surface area contributed by atoms with E-state index >= 15 is 0 Å². The Hall–Kier alpha value is -3.37. The molecule has 0 saturated carbocycles. The monoisotopic (exact) mass is 445 g/mol. The summed E-state index contributed by atoms with van der Waals surface area (Å²) in [5.74, 6) is -0.480. The van der Waals surface area contributed by atoms with Crippen LogP contribution >= 0.6 is 11.6 Å². The van der Waals surface area contributed by atoms with Gasteiger partial charge in [0, 0.05) is 22.2 Å². The van der Waals surface area contributed by atoms with E-state index in [1.54, 1.807) is 18.2 Å². The van der Waals surface area contributed by atoms with Gasteiger partial charge in [0.15, 0.2) is 5.60 Å². The van der Waals surface area contributed by atoms with Crippen molar-refractivity contribution in [3.05, 3.63) is 113 Å². The molecule has 0 N–H and O–H groups in total. The molecule has 0 aliphatic carbocycles. The average molecular weight is 446 g/mol. The SMILES string of the molecule is CC(C)[C@H]1N(C(=O)/C=C/c2ccc(Cl)cc2)C(=O)OC1(c1ccccc1)c1ccccc1. The van der Waals surface area contributed by atoms with Gasteiger partial charge in [-0.15, -0.1) is 0 Å². The van der Waals surface area contributed by atoms with Crippen molar-refractivity contribution in [3.63, 3.8) is 0 Å². The van der Waals surface area contributed by atoms with Crippen molar-refractivity contribution in [1.82, 2.24) is 4.90 Å². The summed E-state index contributed by atoms with van der Waals surface area (Å²) < 4.78 is 6.11. The van der Waals surface area contributed by atoms with Gasteiger partial charge in [0.25, 0.3) is 5.91 Å². The molecule has 1 atom stereocenters. The van der Waals surface area contributed by atoms with Crippen LogP contribution in [0.15, 0.2) is 91.0 Å². The van der Waals surface area contributed by atoms with Crippen molar-refractivity contribution in [1.29, 1.82) is 0 Å². The number of halogens is 1. The second-order valence-corrected chi connectivity index (χ2v) is 8.55. The highest BCUT2D eigenvalue weighted by Crippen LogP contribution is 2.47. The molecule has 32 heavy (non-hydrogen) atoms. The first-order valence-electron chi connectivity index (χ1n) is 10.5. The largest absolute Gasteiger partial charge is 0.430 e. The number of hydrogen-bond donors (Lipinski definition) is 0. The number of benzene rings is 3. The standard InChI is InChI=1S/C27H24ClNO3/c1-19(2)25-27(21-9-5-3-6-10-21,22-11-7-4-8-12-22)32-26(31)29(25)24(30)18-15-20-13-16-23(28)17-14-20/h3-19,25H,1-2H3/b18-15+/t25-/m1/s1. The molecule has 5 heteroatoms. The summed E-state index contributed by atoms with van der Waals surface area (Å²) in [6, 6.07) is 25.8. The highest BCUT2D eigenvalue weighted by atomic mass is 35.5. The minimum absolute atomic E-state index is 0.0604. The highest BCUT2D eigenvalue weighted by molar-refractivity contribution is 6.30. The Balaban J connectivity index is 1.79. The fraction of sp³-hybridized carbons (Fsp3) is 0.185. The molecule has 1 aliphatic heterocycles. The molecule has 0 bridgehead atoms. The van der Waals surface area contributed by atoms with Crippen molar-refractivity contribution >= 4 is 29.7 Å². The number of hydrogen-bond acceptors (Lipinski definition) is 3. The van der Waals surface area contributed by atoms with Crippen molar-refractivity contribution in [3.8, 4) is 0 Å². The molecule has 1 saturated heterocycles. The predicted octanol–water partition coefficient (Wildman–Crippen LogP) is 6.30. The molecule has 0 unspecified atom stereocenters. The van der Waals surface area contributed by atoms with Crippen LogP contribution in [0.3, 0.4) is 0 Å². The molecule has 3 aromatic carbocycles. The van der Waals surface area contributed by atoms with Crippen LogP contribution in [0.1, 0.15) is 30.5 Å². The third-order valence-electron chi connectivity index (χ3n) is 5.70. The number of imide groups is 1. The van der Waals surface area contributed by atoms with E-state index in [-0.39, 0.29) is 5.92 Å². The summed E-state index contributed by atoms with van der Waals surface area (Å²) in [4.78, 5) is 27.7. The van der Waals surface area contributed by atoms with Crippen LogP contribution in [0.5, 0.6) is 0 Å². The average Bonchev–Trinajstić information content (AvgIpc) is 3.14. The van der Waals surface area contributed by atoms with E-state index in [1.165, 1.54) is 11.0 Å². The smallest absolute Gasteiger partial charge is 0.418 e. The molecular formula is C27H24ClNO3. The molecule has 4 nitrogen and oxygen atoms in total. The van der Waals surface area contributed by atoms with Gasteiger partial charge in [0.2, 0.25) is 0 Å². The van der Waals surface area contributed by atoms with Gasteiger partial charge in [-0.3, -0.25) is 4.79 Å². The number of carbonyl (C=O) groups excluding carboxylic acids is 2. The van der Waals surface area contributed by atoms with Gasteiger partial charge in [-0.2, -0.15) is 0 Å². The molecule has 4 rings (SSSR count). The summed E-state index contributed by atoms with van der Waals surface area (Å²) >= 11 is 5.94. The van der Waals surface area contributed by atoms with Crippen molar-refractivity contribution < 1.29 is 14.3 Å². The first kappa shape index (κ1) is 21.8. The Kier molecular flexibility index (Phi) is 6.15. The summed E-state index contributed by atoms with van der Waals surface area (Å²) in [5.41, 5.74) is 1.37. The Morgan fingerprint density at radius 3 is 1.97 bits per heavy atom. The third kappa shape index (κ3) is 3.94. The van der Waals surface area contributed by atoms with E-state index in [1.807, 2.05) is 86.6 Å². The Bertz CT molecular complexity index is 1090. The Labute approximate surface area is 193 Å². The zero-order valence-electron chi connectivity index (χ0n) is 17.9. The van der Waals surface area contributed by atoms with Gasteiger partial charge in [0.05, 0.1) is 6.04 Å². The van der Waals surface area contributed by atoms with Crippen LogP contribution in [0.2, 0.25) is 5.02 Å². The van der Waals surface area contributed by atoms with Gasteiger partial charge in [-0.25, -0.2) is 9.69 Å². The third-order valence-corrected chi connectivity index (χ3v) is 5.95. The van der Waals surface area contributed by atoms with Crippen LogP contribution in [0.25, 0.3) is 6.08 Å². The van der Waals surface area contributed by atoms with Gasteiger partial charge in [0.1, 0.15) is 0 Å². The molecule has 3 aromatic rings. The van der Waals surface area contributed by atoms with Gasteiger partial charge in [-0.1, -0.05) is 98.2 Å². The quantitative estimate of drug-likeness (QED) is 0.433. The molecule has 0 aromatic heterocycles. The van der Waals surface area contributed by atoms with Gasteiger partial charge in [-0.05, 0) is 29.7 Å². The predicted molar refractivity (Wildman–Crippen MR) is 126 cm³/mol. The topological polar surface area (TPSA) is 46.6 Å². The molecule has 1 aliphatic rings. The second kappa shape index (κ2) is 9.01. The lowest BCUT2D eigenvalue weighted by molar-refractivity contribution is -0.125. The van der Waals surface area contributed by atoms with E-state index in [2.05, 4.69) is 0 Å². The molecular weight excluding hydrogens is 422 g/mol. The molecule has 0 spiro atoms. The molecule has 162 valence electrons. The van der Waals surface area contributed by atoms with Gasteiger partial charge < -0.3 is 4.74 Å². The fourth-order valence-electron chi connectivity index (χ4n) is 4.36. The van der Waals surface area contributed by atoms with Crippen LogP contribution in [0.4, 0.5) is 4.79 Å². The molecule has 2 amide bonds. The lowest BCUT2D eigenvalue weighted by Gasteiger charge is -2.37. The van der Waals surface area contributed by atoms with E-state index in [0.717, 1.165) is 16.7 Å². The lowest BCUT2D eigenvalue weighted by Crippen LogP contribution is -2.49. The summed E-state index contributed by atoms with van der Waals surface area (Å²) in [6.07, 6.45) is 2.43. The van der Waals surface area contributed by atoms with Crippen LogP contribution in [-0.4, -0.2) is 22.9 Å². The first-order chi connectivity index (χ1) is 15.4. The lowest BCUT2D eigenvalue weighted by atomic mass is 9.75. The second-order valence-electron chi connectivity index (χ2n) is 8.12. The van der Waals surface area contributed by atoms with E-state index in [0.29, 0.717) is 5.02 Å². The normalized spacial score (nSPS) is 17.7. The maximum atomic E-state index is 13.3. The number of carbonyl (C=O) groups is 2. The number of cyclic esters (lactones) is 1. The van der Waals surface area contributed by atoms with Crippen LogP contribution in [-0.2, 0) is 15.1 Å². The van der Waals surface area contributed by atoms with E-state index in [4.69, 9.17) is 16.3 Å². The van der Waals surface area contributed by atoms with E-state index in [9.17, 15) is 9.59 Å². The van der Waals surface area contributed by atoms with Gasteiger partial charge >= 0.3 is 6.09 Å². The minimum atomic E-state index is -1.10. The Morgan fingerprint density at radius 2 is 1.47 bits per heavy atom. The maximum Gasteiger partial charge on any atom is 0.418 e. The number of ether oxygens (including phenoxy) is 1. The zero-order valence-corrected chi connectivity index (χ0v) is 18.7. The Morgan fingerprint density at radius 1 is 0.938 bits per heavy atom. The molecule has 1 fully saturated rings. The molecule has 1 heterocycles. The maximum absolute atomic E-state index is 13.3. The minimum Gasteiger partial charge on any atom is -0.430 e. The number of nitrogens with zero attached hydrogens (tertiary/aromatic N) is 1.